The number of halogens is 3. The Kier molecular flexibility index (Phi) is 4.90. The van der Waals surface area contributed by atoms with Crippen molar-refractivity contribution in [2.45, 2.75) is 51.2 Å². The molecule has 4 nitrogen and oxygen atoms in total. The molecule has 2 rings (SSSR count). The molecular weight excluding hydrogens is 281 g/mol. The first-order valence-electron chi connectivity index (χ1n) is 7.30. The lowest BCUT2D eigenvalue weighted by atomic mass is 9.84. The van der Waals surface area contributed by atoms with Crippen molar-refractivity contribution in [2.75, 3.05) is 17.7 Å². The molecule has 21 heavy (non-hydrogen) atoms. The van der Waals surface area contributed by atoms with Gasteiger partial charge in [0.15, 0.2) is 5.69 Å². The van der Waals surface area contributed by atoms with Crippen LogP contribution in [0.15, 0.2) is 6.07 Å². The lowest BCUT2D eigenvalue weighted by Gasteiger charge is -2.28. The maximum Gasteiger partial charge on any atom is 0.433 e. The summed E-state index contributed by atoms with van der Waals surface area (Å²) in [6.45, 7) is 2.00. The van der Waals surface area contributed by atoms with E-state index in [4.69, 9.17) is 0 Å². The molecule has 2 N–H and O–H groups in total. The Labute approximate surface area is 122 Å². The predicted octanol–water partition coefficient (Wildman–Crippen LogP) is 3.92. The third-order valence-corrected chi connectivity index (χ3v) is 3.97. The number of nitrogens with zero attached hydrogens (tertiary/aromatic N) is 2. The van der Waals surface area contributed by atoms with Gasteiger partial charge in [-0.05, 0) is 25.7 Å². The van der Waals surface area contributed by atoms with Crippen LogP contribution in [0.5, 0.6) is 0 Å². The van der Waals surface area contributed by atoms with Gasteiger partial charge in [0.2, 0.25) is 5.95 Å². The Bertz CT molecular complexity index is 470. The largest absolute Gasteiger partial charge is 0.433 e. The second-order valence-corrected chi connectivity index (χ2v) is 5.54. The average molecular weight is 302 g/mol. The number of hydrogen-bond acceptors (Lipinski definition) is 4. The molecule has 0 saturated heterocycles. The summed E-state index contributed by atoms with van der Waals surface area (Å²) >= 11 is 0. The molecule has 1 heterocycles. The summed E-state index contributed by atoms with van der Waals surface area (Å²) in [7, 11) is 1.50. The summed E-state index contributed by atoms with van der Waals surface area (Å²) in [4.78, 5) is 7.52. The van der Waals surface area contributed by atoms with E-state index in [9.17, 15) is 13.2 Å². The van der Waals surface area contributed by atoms with E-state index in [-0.39, 0.29) is 17.8 Å². The molecule has 0 amide bonds. The van der Waals surface area contributed by atoms with Crippen molar-refractivity contribution in [3.8, 4) is 0 Å². The highest BCUT2D eigenvalue weighted by atomic mass is 19.4. The number of aromatic nitrogens is 2. The van der Waals surface area contributed by atoms with Crippen molar-refractivity contribution < 1.29 is 13.2 Å². The first-order chi connectivity index (χ1) is 9.90. The molecule has 7 heteroatoms. The summed E-state index contributed by atoms with van der Waals surface area (Å²) in [6.07, 6.45) is 1.39. The molecule has 118 valence electrons. The molecule has 1 aromatic heterocycles. The van der Waals surface area contributed by atoms with Gasteiger partial charge in [0, 0.05) is 19.2 Å². The summed E-state index contributed by atoms with van der Waals surface area (Å²) in [5.74, 6) is 0.684. The molecule has 1 unspecified atom stereocenters. The first kappa shape index (κ1) is 15.9. The van der Waals surface area contributed by atoms with E-state index in [1.54, 1.807) is 0 Å². The maximum atomic E-state index is 12.8. The van der Waals surface area contributed by atoms with E-state index < -0.39 is 11.9 Å². The van der Waals surface area contributed by atoms with Crippen LogP contribution in [0.2, 0.25) is 0 Å². The van der Waals surface area contributed by atoms with Crippen molar-refractivity contribution in [3.05, 3.63) is 11.8 Å². The van der Waals surface area contributed by atoms with Gasteiger partial charge in [0.25, 0.3) is 0 Å². The van der Waals surface area contributed by atoms with E-state index in [1.807, 2.05) is 6.92 Å². The average Bonchev–Trinajstić information content (AvgIpc) is 2.46. The highest BCUT2D eigenvalue weighted by molar-refractivity contribution is 5.43. The molecule has 1 atom stereocenters. The first-order valence-corrected chi connectivity index (χ1v) is 7.30. The van der Waals surface area contributed by atoms with Crippen molar-refractivity contribution in [1.82, 2.24) is 9.97 Å². The number of rotatable bonds is 4. The number of alkyl halides is 3. The van der Waals surface area contributed by atoms with Crippen LogP contribution >= 0.6 is 0 Å². The van der Waals surface area contributed by atoms with Gasteiger partial charge < -0.3 is 10.6 Å². The number of anilines is 2. The highest BCUT2D eigenvalue weighted by Gasteiger charge is 2.34. The normalized spacial score (nSPS) is 18.3. The fourth-order valence-electron chi connectivity index (χ4n) is 2.76. The Hall–Kier alpha value is -1.53. The van der Waals surface area contributed by atoms with E-state index in [2.05, 4.69) is 20.6 Å². The zero-order valence-corrected chi connectivity index (χ0v) is 12.3. The third kappa shape index (κ3) is 4.22. The van der Waals surface area contributed by atoms with E-state index in [0.717, 1.165) is 18.9 Å². The van der Waals surface area contributed by atoms with Crippen LogP contribution in [-0.2, 0) is 6.18 Å². The molecule has 1 aliphatic carbocycles. The smallest absolute Gasteiger partial charge is 0.367 e. The minimum Gasteiger partial charge on any atom is -0.367 e. The maximum absolute atomic E-state index is 12.8. The summed E-state index contributed by atoms with van der Waals surface area (Å²) in [6, 6.07) is 1.08. The molecular formula is C14H21F3N4. The monoisotopic (exact) mass is 302 g/mol. The summed E-state index contributed by atoms with van der Waals surface area (Å²) in [5, 5.41) is 5.68. The van der Waals surface area contributed by atoms with E-state index in [1.165, 1.54) is 26.3 Å². The molecule has 1 fully saturated rings. The van der Waals surface area contributed by atoms with Gasteiger partial charge in [-0.15, -0.1) is 0 Å². The second kappa shape index (κ2) is 6.49. The van der Waals surface area contributed by atoms with Crippen molar-refractivity contribution in [1.29, 1.82) is 0 Å². The minimum absolute atomic E-state index is 0.0248. The molecule has 0 aliphatic heterocycles. The Morgan fingerprint density at radius 3 is 2.43 bits per heavy atom. The van der Waals surface area contributed by atoms with E-state index in [0.29, 0.717) is 5.92 Å². The van der Waals surface area contributed by atoms with Crippen molar-refractivity contribution in [2.24, 2.45) is 5.92 Å². The van der Waals surface area contributed by atoms with Gasteiger partial charge >= 0.3 is 6.18 Å². The molecule has 0 aromatic carbocycles. The summed E-state index contributed by atoms with van der Waals surface area (Å²) in [5.41, 5.74) is -0.930. The van der Waals surface area contributed by atoms with Crippen LogP contribution in [-0.4, -0.2) is 23.1 Å². The standard InChI is InChI=1S/C14H21F3N4/c1-9(10-6-4-3-5-7-10)19-12-8-11(14(15,16)17)20-13(18-2)21-12/h8-10H,3-7H2,1-2H3,(H2,18,19,20,21). The lowest BCUT2D eigenvalue weighted by molar-refractivity contribution is -0.141. The zero-order chi connectivity index (χ0) is 15.5. The number of nitrogens with one attached hydrogen (secondary N) is 2. The van der Waals surface area contributed by atoms with Gasteiger partial charge in [-0.2, -0.15) is 18.2 Å². The fourth-order valence-corrected chi connectivity index (χ4v) is 2.76. The van der Waals surface area contributed by atoms with Crippen LogP contribution in [0, 0.1) is 5.92 Å². The van der Waals surface area contributed by atoms with Crippen LogP contribution in [0.1, 0.15) is 44.7 Å². The molecule has 0 radical (unpaired) electrons. The zero-order valence-electron chi connectivity index (χ0n) is 12.3. The third-order valence-electron chi connectivity index (χ3n) is 3.97. The molecule has 1 saturated carbocycles. The number of hydrogen-bond donors (Lipinski definition) is 2. The van der Waals surface area contributed by atoms with Crippen molar-refractivity contribution >= 4 is 11.8 Å². The van der Waals surface area contributed by atoms with Crippen LogP contribution in [0.25, 0.3) is 0 Å². The molecule has 1 aliphatic rings. The second-order valence-electron chi connectivity index (χ2n) is 5.54. The summed E-state index contributed by atoms with van der Waals surface area (Å²) < 4.78 is 38.5. The van der Waals surface area contributed by atoms with Crippen molar-refractivity contribution in [3.63, 3.8) is 0 Å². The molecule has 0 bridgehead atoms. The van der Waals surface area contributed by atoms with Crippen LogP contribution in [0.3, 0.4) is 0 Å². The van der Waals surface area contributed by atoms with Crippen LogP contribution in [0.4, 0.5) is 24.9 Å². The highest BCUT2D eigenvalue weighted by Crippen LogP contribution is 2.31. The Morgan fingerprint density at radius 2 is 1.86 bits per heavy atom. The SMILES string of the molecule is CNc1nc(NC(C)C2CCCCC2)cc(C(F)(F)F)n1. The van der Waals surface area contributed by atoms with E-state index >= 15 is 0 Å². The lowest BCUT2D eigenvalue weighted by Crippen LogP contribution is -2.28. The van der Waals surface area contributed by atoms with Gasteiger partial charge in [0.05, 0.1) is 0 Å². The minimum atomic E-state index is -4.47. The fraction of sp³-hybridized carbons (Fsp3) is 0.714. The van der Waals surface area contributed by atoms with Gasteiger partial charge in [0.1, 0.15) is 5.82 Å². The quantitative estimate of drug-likeness (QED) is 0.885. The van der Waals surface area contributed by atoms with Gasteiger partial charge in [-0.3, -0.25) is 0 Å². The Morgan fingerprint density at radius 1 is 1.19 bits per heavy atom. The van der Waals surface area contributed by atoms with Gasteiger partial charge in [-0.25, -0.2) is 4.98 Å². The Balaban J connectivity index is 2.14. The molecule has 0 spiro atoms. The topological polar surface area (TPSA) is 49.8 Å². The van der Waals surface area contributed by atoms with Crippen LogP contribution < -0.4 is 10.6 Å². The predicted molar refractivity (Wildman–Crippen MR) is 76.2 cm³/mol. The molecule has 1 aromatic rings. The van der Waals surface area contributed by atoms with Gasteiger partial charge in [-0.1, -0.05) is 19.3 Å².